The van der Waals surface area contributed by atoms with E-state index < -0.39 is 0 Å². The van der Waals surface area contributed by atoms with Crippen LogP contribution in [0.2, 0.25) is 0 Å². The van der Waals surface area contributed by atoms with Crippen LogP contribution in [0.15, 0.2) is 48.5 Å². The van der Waals surface area contributed by atoms with Crippen molar-refractivity contribution >= 4 is 11.6 Å². The van der Waals surface area contributed by atoms with Crippen LogP contribution in [-0.2, 0) is 6.61 Å². The van der Waals surface area contributed by atoms with Gasteiger partial charge in [0.1, 0.15) is 12.4 Å². The zero-order chi connectivity index (χ0) is 14.4. The third-order valence-corrected chi connectivity index (χ3v) is 2.85. The predicted octanol–water partition coefficient (Wildman–Crippen LogP) is 2.60. The summed E-state index contributed by atoms with van der Waals surface area (Å²) in [6.45, 7) is 2.91. The van der Waals surface area contributed by atoms with Gasteiger partial charge in [-0.3, -0.25) is 4.79 Å². The summed E-state index contributed by atoms with van der Waals surface area (Å²) in [4.78, 5) is 11.7. The summed E-state index contributed by atoms with van der Waals surface area (Å²) < 4.78 is 5.66. The molecule has 0 unspecified atom stereocenters. The van der Waals surface area contributed by atoms with E-state index >= 15 is 0 Å². The second-order valence-electron chi connectivity index (χ2n) is 4.39. The van der Waals surface area contributed by atoms with Gasteiger partial charge in [0, 0.05) is 12.1 Å². The van der Waals surface area contributed by atoms with Gasteiger partial charge in [-0.15, -0.1) is 0 Å². The molecule has 3 N–H and O–H groups in total. The third-order valence-electron chi connectivity index (χ3n) is 2.85. The maximum absolute atomic E-state index is 11.7. The van der Waals surface area contributed by atoms with E-state index in [2.05, 4.69) is 5.32 Å². The van der Waals surface area contributed by atoms with Crippen LogP contribution in [0, 0.1) is 0 Å². The lowest BCUT2D eigenvalue weighted by molar-refractivity contribution is 0.0956. The molecule has 2 rings (SSSR count). The minimum absolute atomic E-state index is 0.131. The van der Waals surface area contributed by atoms with Crippen molar-refractivity contribution in [2.75, 3.05) is 12.3 Å². The predicted molar refractivity (Wildman–Crippen MR) is 79.6 cm³/mol. The first-order valence-corrected chi connectivity index (χ1v) is 6.55. The summed E-state index contributed by atoms with van der Waals surface area (Å²) in [6, 6.07) is 14.9. The summed E-state index contributed by atoms with van der Waals surface area (Å²) in [6.07, 6.45) is 0. The summed E-state index contributed by atoms with van der Waals surface area (Å²) in [5.41, 5.74) is 7.98. The summed E-state index contributed by atoms with van der Waals surface area (Å²) >= 11 is 0. The Morgan fingerprint density at radius 1 is 1.20 bits per heavy atom. The molecule has 0 aliphatic rings. The number of nitrogen functional groups attached to an aromatic ring is 1. The molecule has 0 spiro atoms. The fourth-order valence-electron chi connectivity index (χ4n) is 1.82. The number of ether oxygens (including phenoxy) is 1. The Kier molecular flexibility index (Phi) is 4.60. The van der Waals surface area contributed by atoms with Crippen LogP contribution < -0.4 is 15.8 Å². The highest BCUT2D eigenvalue weighted by molar-refractivity contribution is 5.95. The number of hydrogen-bond donors (Lipinski definition) is 2. The number of nitrogens with two attached hydrogens (primary N) is 1. The maximum Gasteiger partial charge on any atom is 0.251 e. The molecule has 104 valence electrons. The highest BCUT2D eigenvalue weighted by atomic mass is 16.5. The molecule has 0 bridgehead atoms. The Morgan fingerprint density at radius 2 is 1.95 bits per heavy atom. The molecule has 0 aromatic heterocycles. The number of benzene rings is 2. The number of rotatable bonds is 5. The molecule has 0 fully saturated rings. The van der Waals surface area contributed by atoms with E-state index in [1.807, 2.05) is 37.3 Å². The number of anilines is 1. The van der Waals surface area contributed by atoms with Crippen molar-refractivity contribution in [2.45, 2.75) is 13.5 Å². The topological polar surface area (TPSA) is 64.3 Å². The molecule has 0 heterocycles. The van der Waals surface area contributed by atoms with Crippen LogP contribution in [0.1, 0.15) is 22.8 Å². The van der Waals surface area contributed by atoms with Gasteiger partial charge in [0.2, 0.25) is 0 Å². The smallest absolute Gasteiger partial charge is 0.251 e. The zero-order valence-electron chi connectivity index (χ0n) is 11.4. The van der Waals surface area contributed by atoms with Gasteiger partial charge in [-0.2, -0.15) is 0 Å². The number of amides is 1. The summed E-state index contributed by atoms with van der Waals surface area (Å²) in [5, 5.41) is 2.73. The number of carbonyl (C=O) groups excluding carboxylic acids is 1. The Balaban J connectivity index is 2.04. The van der Waals surface area contributed by atoms with Crippen LogP contribution in [0.5, 0.6) is 5.75 Å². The van der Waals surface area contributed by atoms with E-state index in [0.717, 1.165) is 5.56 Å². The Bertz CT molecular complexity index is 582. The maximum atomic E-state index is 11.7. The highest BCUT2D eigenvalue weighted by Crippen LogP contribution is 2.23. The van der Waals surface area contributed by atoms with Crippen molar-refractivity contribution in [2.24, 2.45) is 0 Å². The first kappa shape index (κ1) is 13.9. The van der Waals surface area contributed by atoms with Gasteiger partial charge in [0.05, 0.1) is 5.69 Å². The van der Waals surface area contributed by atoms with Crippen molar-refractivity contribution in [1.29, 1.82) is 0 Å². The lowest BCUT2D eigenvalue weighted by Crippen LogP contribution is -2.22. The monoisotopic (exact) mass is 270 g/mol. The van der Waals surface area contributed by atoms with Crippen LogP contribution >= 0.6 is 0 Å². The molecule has 4 nitrogen and oxygen atoms in total. The minimum atomic E-state index is -0.131. The quantitative estimate of drug-likeness (QED) is 0.821. The van der Waals surface area contributed by atoms with E-state index in [9.17, 15) is 4.79 Å². The lowest BCUT2D eigenvalue weighted by atomic mass is 10.1. The van der Waals surface area contributed by atoms with Crippen LogP contribution in [0.3, 0.4) is 0 Å². The molecule has 0 saturated carbocycles. The third kappa shape index (κ3) is 3.51. The normalized spacial score (nSPS) is 10.1. The van der Waals surface area contributed by atoms with Gasteiger partial charge in [-0.05, 0) is 30.7 Å². The van der Waals surface area contributed by atoms with Crippen molar-refractivity contribution in [3.63, 3.8) is 0 Å². The second kappa shape index (κ2) is 6.61. The molecule has 2 aromatic carbocycles. The molecule has 1 amide bonds. The fraction of sp³-hybridized carbons (Fsp3) is 0.188. The van der Waals surface area contributed by atoms with Gasteiger partial charge in [-0.1, -0.05) is 30.3 Å². The van der Waals surface area contributed by atoms with Crippen LogP contribution in [0.4, 0.5) is 5.69 Å². The fourth-order valence-corrected chi connectivity index (χ4v) is 1.82. The largest absolute Gasteiger partial charge is 0.487 e. The van der Waals surface area contributed by atoms with E-state index in [1.54, 1.807) is 18.2 Å². The van der Waals surface area contributed by atoms with Gasteiger partial charge < -0.3 is 15.8 Å². The molecule has 20 heavy (non-hydrogen) atoms. The average Bonchev–Trinajstić information content (AvgIpc) is 2.47. The van der Waals surface area contributed by atoms with E-state index in [-0.39, 0.29) is 5.91 Å². The van der Waals surface area contributed by atoms with Gasteiger partial charge in [-0.25, -0.2) is 0 Å². The van der Waals surface area contributed by atoms with Crippen molar-refractivity contribution in [3.05, 3.63) is 59.7 Å². The Labute approximate surface area is 118 Å². The number of hydrogen-bond acceptors (Lipinski definition) is 3. The van der Waals surface area contributed by atoms with Gasteiger partial charge in [0.15, 0.2) is 0 Å². The van der Waals surface area contributed by atoms with Gasteiger partial charge >= 0.3 is 0 Å². The average molecular weight is 270 g/mol. The van der Waals surface area contributed by atoms with E-state index in [4.69, 9.17) is 10.5 Å². The standard InChI is InChI=1S/C16H18N2O2/c1-2-18-16(19)13-8-9-15(14(17)10-13)20-11-12-6-4-3-5-7-12/h3-10H,2,11,17H2,1H3,(H,18,19). The molecular formula is C16H18N2O2. The molecular weight excluding hydrogens is 252 g/mol. The van der Waals surface area contributed by atoms with Crippen LogP contribution in [-0.4, -0.2) is 12.5 Å². The summed E-state index contributed by atoms with van der Waals surface area (Å²) in [5.74, 6) is 0.454. The molecule has 4 heteroatoms. The van der Waals surface area contributed by atoms with Gasteiger partial charge in [0.25, 0.3) is 5.91 Å². The first-order chi connectivity index (χ1) is 9.70. The van der Waals surface area contributed by atoms with Crippen molar-refractivity contribution in [3.8, 4) is 5.75 Å². The molecule has 0 aliphatic heterocycles. The molecule has 2 aromatic rings. The molecule has 0 aliphatic carbocycles. The van der Waals surface area contributed by atoms with Crippen molar-refractivity contribution in [1.82, 2.24) is 5.32 Å². The Morgan fingerprint density at radius 3 is 2.60 bits per heavy atom. The first-order valence-electron chi connectivity index (χ1n) is 6.55. The minimum Gasteiger partial charge on any atom is -0.487 e. The molecule has 0 atom stereocenters. The zero-order valence-corrected chi connectivity index (χ0v) is 11.4. The SMILES string of the molecule is CCNC(=O)c1ccc(OCc2ccccc2)c(N)c1. The second-order valence-corrected chi connectivity index (χ2v) is 4.39. The molecule has 0 saturated heterocycles. The highest BCUT2D eigenvalue weighted by Gasteiger charge is 2.08. The van der Waals surface area contributed by atoms with Crippen LogP contribution in [0.25, 0.3) is 0 Å². The van der Waals surface area contributed by atoms with E-state index in [1.165, 1.54) is 0 Å². The number of carbonyl (C=O) groups is 1. The summed E-state index contributed by atoms with van der Waals surface area (Å²) in [7, 11) is 0. The molecule has 0 radical (unpaired) electrons. The van der Waals surface area contributed by atoms with E-state index in [0.29, 0.717) is 30.2 Å². The lowest BCUT2D eigenvalue weighted by Gasteiger charge is -2.10. The Hall–Kier alpha value is -2.49. The van der Waals surface area contributed by atoms with Crippen molar-refractivity contribution < 1.29 is 9.53 Å². The number of nitrogens with one attached hydrogen (secondary N) is 1.